The second-order valence-electron chi connectivity index (χ2n) is 3.88. The molecule has 0 bridgehead atoms. The van der Waals surface area contributed by atoms with Gasteiger partial charge in [0.15, 0.2) is 0 Å². The first kappa shape index (κ1) is 12.1. The Morgan fingerprint density at radius 2 is 1.71 bits per heavy atom. The molecule has 2 rings (SSSR count). The molecule has 2 aromatic carbocycles. The zero-order valence-electron chi connectivity index (χ0n) is 9.56. The maximum atomic E-state index is 12.8. The van der Waals surface area contributed by atoms with Crippen molar-refractivity contribution in [2.45, 2.75) is 22.8 Å². The van der Waals surface area contributed by atoms with E-state index in [1.807, 2.05) is 31.2 Å². The Balaban J connectivity index is 2.26. The molecular weight excluding hydrogens is 233 g/mol. The van der Waals surface area contributed by atoms with Crippen LogP contribution >= 0.6 is 11.8 Å². The first-order valence-corrected chi connectivity index (χ1v) is 6.26. The topological polar surface area (TPSA) is 26.0 Å². The van der Waals surface area contributed by atoms with Crippen molar-refractivity contribution >= 4 is 11.8 Å². The fourth-order valence-corrected chi connectivity index (χ4v) is 2.62. The van der Waals surface area contributed by atoms with E-state index in [2.05, 4.69) is 0 Å². The van der Waals surface area contributed by atoms with Crippen LogP contribution in [0.4, 0.5) is 4.39 Å². The van der Waals surface area contributed by atoms with Gasteiger partial charge in [0.25, 0.3) is 0 Å². The van der Waals surface area contributed by atoms with Crippen LogP contribution in [0.2, 0.25) is 0 Å². The van der Waals surface area contributed by atoms with E-state index in [4.69, 9.17) is 5.73 Å². The zero-order chi connectivity index (χ0) is 12.3. The van der Waals surface area contributed by atoms with Crippen molar-refractivity contribution in [3.63, 3.8) is 0 Å². The number of rotatable bonds is 3. The van der Waals surface area contributed by atoms with E-state index >= 15 is 0 Å². The lowest BCUT2D eigenvalue weighted by Gasteiger charge is -2.11. The molecule has 0 fully saturated rings. The summed E-state index contributed by atoms with van der Waals surface area (Å²) in [5.41, 5.74) is 7.03. The maximum absolute atomic E-state index is 12.8. The summed E-state index contributed by atoms with van der Waals surface area (Å²) in [6.07, 6.45) is 0. The lowest BCUT2D eigenvalue weighted by atomic mass is 10.1. The SMILES string of the molecule is C[C@@H](N)c1ccccc1Sc1ccc(F)cc1. The molecule has 3 heteroatoms. The largest absolute Gasteiger partial charge is 0.324 e. The van der Waals surface area contributed by atoms with Crippen LogP contribution in [0.25, 0.3) is 0 Å². The van der Waals surface area contributed by atoms with Gasteiger partial charge >= 0.3 is 0 Å². The van der Waals surface area contributed by atoms with Crippen LogP contribution in [0.1, 0.15) is 18.5 Å². The third-order valence-electron chi connectivity index (χ3n) is 2.45. The summed E-state index contributed by atoms with van der Waals surface area (Å²) in [4.78, 5) is 2.13. The third kappa shape index (κ3) is 3.08. The minimum Gasteiger partial charge on any atom is -0.324 e. The van der Waals surface area contributed by atoms with E-state index < -0.39 is 0 Å². The van der Waals surface area contributed by atoms with Gasteiger partial charge in [0, 0.05) is 15.8 Å². The van der Waals surface area contributed by atoms with Crippen LogP contribution in [0, 0.1) is 5.82 Å². The van der Waals surface area contributed by atoms with E-state index in [0.717, 1.165) is 15.4 Å². The normalized spacial score (nSPS) is 12.4. The highest BCUT2D eigenvalue weighted by molar-refractivity contribution is 7.99. The Labute approximate surface area is 105 Å². The van der Waals surface area contributed by atoms with Gasteiger partial charge in [-0.15, -0.1) is 0 Å². The van der Waals surface area contributed by atoms with Gasteiger partial charge in [-0.05, 0) is 42.8 Å². The first-order valence-electron chi connectivity index (χ1n) is 5.45. The second-order valence-corrected chi connectivity index (χ2v) is 5.00. The fourth-order valence-electron chi connectivity index (χ4n) is 1.58. The summed E-state index contributed by atoms with van der Waals surface area (Å²) in [5, 5.41) is 0. The summed E-state index contributed by atoms with van der Waals surface area (Å²) in [5.74, 6) is -0.213. The molecule has 1 nitrogen and oxygen atoms in total. The van der Waals surface area contributed by atoms with Crippen molar-refractivity contribution in [3.05, 3.63) is 59.9 Å². The van der Waals surface area contributed by atoms with E-state index in [0.29, 0.717) is 0 Å². The molecule has 0 heterocycles. The number of hydrogen-bond acceptors (Lipinski definition) is 2. The van der Waals surface area contributed by atoms with Crippen LogP contribution in [0.15, 0.2) is 58.3 Å². The first-order chi connectivity index (χ1) is 8.16. The van der Waals surface area contributed by atoms with Gasteiger partial charge in [-0.2, -0.15) is 0 Å². The van der Waals surface area contributed by atoms with Gasteiger partial charge in [0.05, 0.1) is 0 Å². The third-order valence-corrected chi connectivity index (χ3v) is 3.55. The van der Waals surface area contributed by atoms with Crippen molar-refractivity contribution in [3.8, 4) is 0 Å². The smallest absolute Gasteiger partial charge is 0.123 e. The van der Waals surface area contributed by atoms with Crippen LogP contribution < -0.4 is 5.73 Å². The average molecular weight is 247 g/mol. The van der Waals surface area contributed by atoms with Crippen LogP contribution in [0.3, 0.4) is 0 Å². The highest BCUT2D eigenvalue weighted by Crippen LogP contribution is 2.32. The Kier molecular flexibility index (Phi) is 3.82. The quantitative estimate of drug-likeness (QED) is 0.887. The lowest BCUT2D eigenvalue weighted by molar-refractivity contribution is 0.626. The van der Waals surface area contributed by atoms with Crippen LogP contribution in [-0.4, -0.2) is 0 Å². The van der Waals surface area contributed by atoms with Crippen LogP contribution in [0.5, 0.6) is 0 Å². The van der Waals surface area contributed by atoms with Gasteiger partial charge in [-0.1, -0.05) is 30.0 Å². The molecule has 0 amide bonds. The molecule has 0 spiro atoms. The van der Waals surface area contributed by atoms with E-state index in [9.17, 15) is 4.39 Å². The fraction of sp³-hybridized carbons (Fsp3) is 0.143. The van der Waals surface area contributed by atoms with Crippen LogP contribution in [-0.2, 0) is 0 Å². The summed E-state index contributed by atoms with van der Waals surface area (Å²) in [6, 6.07) is 14.5. The number of nitrogens with two attached hydrogens (primary N) is 1. The Bertz CT molecular complexity index is 494. The predicted molar refractivity (Wildman–Crippen MR) is 69.6 cm³/mol. The summed E-state index contributed by atoms with van der Waals surface area (Å²) >= 11 is 1.60. The van der Waals surface area contributed by atoms with Crippen molar-refractivity contribution in [2.75, 3.05) is 0 Å². The van der Waals surface area contributed by atoms with Gasteiger partial charge in [0.1, 0.15) is 5.82 Å². The molecule has 2 N–H and O–H groups in total. The zero-order valence-corrected chi connectivity index (χ0v) is 10.4. The Hall–Kier alpha value is -1.32. The second kappa shape index (κ2) is 5.34. The van der Waals surface area contributed by atoms with Crippen molar-refractivity contribution < 1.29 is 4.39 Å². The predicted octanol–water partition coefficient (Wildman–Crippen LogP) is 4.00. The highest BCUT2D eigenvalue weighted by Gasteiger charge is 2.07. The molecule has 0 saturated heterocycles. The Morgan fingerprint density at radius 3 is 2.35 bits per heavy atom. The number of hydrogen-bond donors (Lipinski definition) is 1. The molecule has 0 radical (unpaired) electrons. The van der Waals surface area contributed by atoms with E-state index in [-0.39, 0.29) is 11.9 Å². The molecule has 1 atom stereocenters. The summed E-state index contributed by atoms with van der Waals surface area (Å²) < 4.78 is 12.8. The van der Waals surface area contributed by atoms with Gasteiger partial charge in [0.2, 0.25) is 0 Å². The highest BCUT2D eigenvalue weighted by atomic mass is 32.2. The minimum atomic E-state index is -0.213. The van der Waals surface area contributed by atoms with Gasteiger partial charge in [-0.25, -0.2) is 4.39 Å². The van der Waals surface area contributed by atoms with E-state index in [1.54, 1.807) is 23.9 Å². The number of halogens is 1. The Morgan fingerprint density at radius 1 is 1.06 bits per heavy atom. The van der Waals surface area contributed by atoms with Gasteiger partial charge < -0.3 is 5.73 Å². The molecule has 0 unspecified atom stereocenters. The minimum absolute atomic E-state index is 0.000789. The molecule has 0 saturated carbocycles. The average Bonchev–Trinajstić information content (AvgIpc) is 2.32. The molecule has 0 aliphatic carbocycles. The van der Waals surface area contributed by atoms with Gasteiger partial charge in [-0.3, -0.25) is 0 Å². The molecule has 17 heavy (non-hydrogen) atoms. The molecular formula is C14H14FNS. The van der Waals surface area contributed by atoms with Crippen molar-refractivity contribution in [2.24, 2.45) is 5.73 Å². The van der Waals surface area contributed by atoms with E-state index in [1.165, 1.54) is 12.1 Å². The number of benzene rings is 2. The lowest BCUT2D eigenvalue weighted by Crippen LogP contribution is -2.05. The molecule has 2 aromatic rings. The monoisotopic (exact) mass is 247 g/mol. The standard InChI is InChI=1S/C14H14FNS/c1-10(16)13-4-2-3-5-14(13)17-12-8-6-11(15)7-9-12/h2-10H,16H2,1H3/t10-/m1/s1. The molecule has 0 aromatic heterocycles. The van der Waals surface area contributed by atoms with Crippen molar-refractivity contribution in [1.82, 2.24) is 0 Å². The summed E-state index contributed by atoms with van der Waals surface area (Å²) in [6.45, 7) is 1.96. The van der Waals surface area contributed by atoms with Crippen molar-refractivity contribution in [1.29, 1.82) is 0 Å². The molecule has 0 aliphatic heterocycles. The maximum Gasteiger partial charge on any atom is 0.123 e. The summed E-state index contributed by atoms with van der Waals surface area (Å²) in [7, 11) is 0. The molecule has 0 aliphatic rings. The molecule has 88 valence electrons.